The van der Waals surface area contributed by atoms with Gasteiger partial charge in [0, 0.05) is 24.4 Å². The zero-order chi connectivity index (χ0) is 19.5. The van der Waals surface area contributed by atoms with Crippen LogP contribution in [0.25, 0.3) is 0 Å². The molecule has 0 bridgehead atoms. The highest BCUT2D eigenvalue weighted by molar-refractivity contribution is 7.81. The van der Waals surface area contributed by atoms with Gasteiger partial charge in [-0.25, -0.2) is 4.79 Å². The van der Waals surface area contributed by atoms with Gasteiger partial charge in [0.05, 0.1) is 17.0 Å². The Bertz CT molecular complexity index is 641. The molecular weight excluding hydrogens is 400 g/mol. The smallest absolute Gasteiger partial charge is 0.410 e. The third kappa shape index (κ3) is 5.56. The number of hydrogen-bond donors (Lipinski definition) is 1. The van der Waals surface area contributed by atoms with Gasteiger partial charge in [-0.2, -0.15) is 0 Å². The van der Waals surface area contributed by atoms with Crippen molar-refractivity contribution in [2.75, 3.05) is 24.0 Å². The Balaban J connectivity index is 2.05. The van der Waals surface area contributed by atoms with Crippen LogP contribution in [0.2, 0.25) is 4.34 Å². The van der Waals surface area contributed by atoms with Crippen LogP contribution in [-0.4, -0.2) is 56.2 Å². The van der Waals surface area contributed by atoms with Crippen LogP contribution in [0, 0.1) is 5.92 Å². The van der Waals surface area contributed by atoms with Crippen LogP contribution in [0.1, 0.15) is 33.6 Å². The molecule has 2 unspecified atom stereocenters. The number of nitrogens with zero attached hydrogens (tertiary/aromatic N) is 2. The van der Waals surface area contributed by atoms with Gasteiger partial charge in [0.2, 0.25) is 0 Å². The molecule has 1 amide bonds. The van der Waals surface area contributed by atoms with E-state index in [0.717, 1.165) is 11.3 Å². The number of hydrogen-bond acceptors (Lipinski definition) is 6. The second-order valence-corrected chi connectivity index (χ2v) is 9.70. The van der Waals surface area contributed by atoms with Crippen LogP contribution < -0.4 is 4.31 Å². The van der Waals surface area contributed by atoms with Gasteiger partial charge >= 0.3 is 6.09 Å². The molecule has 2 heterocycles. The summed E-state index contributed by atoms with van der Waals surface area (Å²) in [5.41, 5.74) is -0.559. The van der Waals surface area contributed by atoms with Gasteiger partial charge in [0.15, 0.2) is 0 Å². The average Bonchev–Trinajstić information content (AvgIpc) is 2.96. The molecule has 2 rings (SSSR count). The van der Waals surface area contributed by atoms with Gasteiger partial charge in [0.25, 0.3) is 0 Å². The van der Waals surface area contributed by atoms with Gasteiger partial charge in [-0.05, 0) is 51.7 Å². The molecule has 7 nitrogen and oxygen atoms in total. The number of piperidine rings is 1. The van der Waals surface area contributed by atoms with Crippen molar-refractivity contribution < 1.29 is 23.4 Å². The minimum absolute atomic E-state index is 0.0718. The maximum Gasteiger partial charge on any atom is 0.410 e. The van der Waals surface area contributed by atoms with Gasteiger partial charge in [-0.1, -0.05) is 11.6 Å². The van der Waals surface area contributed by atoms with Crippen LogP contribution in [0.15, 0.2) is 12.1 Å². The maximum atomic E-state index is 12.2. The van der Waals surface area contributed by atoms with E-state index in [2.05, 4.69) is 0 Å². The first-order valence-corrected chi connectivity index (χ1v) is 10.6. The van der Waals surface area contributed by atoms with E-state index in [1.54, 1.807) is 17.0 Å². The first-order valence-electron chi connectivity index (χ1n) is 8.35. The van der Waals surface area contributed by atoms with Crippen molar-refractivity contribution in [3.05, 3.63) is 16.5 Å². The highest BCUT2D eigenvalue weighted by atomic mass is 35.5. The first kappa shape index (κ1) is 21.4. The lowest BCUT2D eigenvalue weighted by atomic mass is 9.90. The number of rotatable bonds is 5. The minimum atomic E-state index is -2.53. The average molecular weight is 424 g/mol. The van der Waals surface area contributed by atoms with Gasteiger partial charge in [0.1, 0.15) is 10.6 Å². The lowest BCUT2D eigenvalue weighted by Gasteiger charge is -2.41. The van der Waals surface area contributed by atoms with Crippen LogP contribution in [0.4, 0.5) is 9.80 Å². The quantitative estimate of drug-likeness (QED) is 0.734. The fraction of sp³-hybridized carbons (Fsp3) is 0.688. The Kier molecular flexibility index (Phi) is 7.32. The third-order valence-corrected chi connectivity index (χ3v) is 6.30. The van der Waals surface area contributed by atoms with E-state index in [4.69, 9.17) is 16.3 Å². The van der Waals surface area contributed by atoms with E-state index in [1.165, 1.54) is 4.31 Å². The SMILES string of the molecule is CC(C)(C)OC(=O)N1CCC(C(CO)N(c2ccc(Cl)s2)S(=O)[O-])CC1. The van der Waals surface area contributed by atoms with Crippen LogP contribution in [0.5, 0.6) is 0 Å². The number of anilines is 1. The van der Waals surface area contributed by atoms with Crippen molar-refractivity contribution in [1.82, 2.24) is 4.90 Å². The molecule has 1 aliphatic rings. The molecule has 1 aromatic heterocycles. The standard InChI is InChI=1S/C16H25ClN2O5S2/c1-16(2,3)24-15(21)18-8-6-11(7-9-18)12(10-20)19(26(22)23)14-5-4-13(17)25-14/h4-5,11-12,20H,6-10H2,1-3H3,(H,22,23)/p-1. The Morgan fingerprint density at radius 1 is 1.50 bits per heavy atom. The molecule has 0 radical (unpaired) electrons. The van der Waals surface area contributed by atoms with E-state index < -0.39 is 22.9 Å². The summed E-state index contributed by atoms with van der Waals surface area (Å²) in [7, 11) is 0. The molecule has 10 heteroatoms. The summed E-state index contributed by atoms with van der Waals surface area (Å²) in [4.78, 5) is 13.8. The molecule has 1 fully saturated rings. The van der Waals surface area contributed by atoms with Crippen molar-refractivity contribution in [2.45, 2.75) is 45.3 Å². The van der Waals surface area contributed by atoms with E-state index in [1.807, 2.05) is 20.8 Å². The maximum absolute atomic E-state index is 12.2. The number of aliphatic hydroxyl groups is 1. The number of likely N-dealkylation sites (tertiary alicyclic amines) is 1. The minimum Gasteiger partial charge on any atom is -0.755 e. The second kappa shape index (κ2) is 8.88. The van der Waals surface area contributed by atoms with E-state index in [9.17, 15) is 18.7 Å². The fourth-order valence-corrected chi connectivity index (χ4v) is 4.94. The van der Waals surface area contributed by atoms with Gasteiger partial charge < -0.3 is 19.3 Å². The largest absolute Gasteiger partial charge is 0.755 e. The van der Waals surface area contributed by atoms with Crippen molar-refractivity contribution >= 4 is 45.3 Å². The van der Waals surface area contributed by atoms with Crippen molar-refractivity contribution in [1.29, 1.82) is 0 Å². The van der Waals surface area contributed by atoms with Gasteiger partial charge in [-0.3, -0.25) is 8.51 Å². The molecule has 1 saturated heterocycles. The van der Waals surface area contributed by atoms with E-state index in [-0.39, 0.29) is 18.6 Å². The topological polar surface area (TPSA) is 93.1 Å². The molecule has 1 N–H and O–H groups in total. The normalized spacial score (nSPS) is 18.5. The second-order valence-electron chi connectivity index (χ2n) is 7.18. The number of carbonyl (C=O) groups is 1. The molecule has 0 aromatic carbocycles. The number of thiophene rings is 1. The summed E-state index contributed by atoms with van der Waals surface area (Å²) in [5.74, 6) is -0.0718. The number of amides is 1. The molecule has 0 saturated carbocycles. The summed E-state index contributed by atoms with van der Waals surface area (Å²) in [6, 6.07) is 2.66. The van der Waals surface area contributed by atoms with Crippen LogP contribution >= 0.6 is 22.9 Å². The van der Waals surface area contributed by atoms with Gasteiger partial charge in [-0.15, -0.1) is 11.3 Å². The molecule has 1 aliphatic heterocycles. The summed E-state index contributed by atoms with van der Waals surface area (Å²) >= 11 is 4.53. The molecule has 26 heavy (non-hydrogen) atoms. The zero-order valence-corrected chi connectivity index (χ0v) is 17.4. The molecule has 0 aliphatic carbocycles. The molecular formula is C16H24ClN2O5S2-. The molecule has 0 spiro atoms. The molecule has 2 atom stereocenters. The third-order valence-electron chi connectivity index (χ3n) is 4.16. The number of carbonyl (C=O) groups excluding carboxylic acids is 1. The predicted octanol–water partition coefficient (Wildman–Crippen LogP) is 3.01. The van der Waals surface area contributed by atoms with Crippen molar-refractivity contribution in [3.63, 3.8) is 0 Å². The summed E-state index contributed by atoms with van der Waals surface area (Å²) in [6.07, 6.45) is 0.792. The number of aliphatic hydroxyl groups excluding tert-OH is 1. The van der Waals surface area contributed by atoms with E-state index >= 15 is 0 Å². The Morgan fingerprint density at radius 3 is 2.54 bits per heavy atom. The first-order chi connectivity index (χ1) is 12.1. The highest BCUT2D eigenvalue weighted by Gasteiger charge is 2.34. The van der Waals surface area contributed by atoms with Crippen molar-refractivity contribution in [3.8, 4) is 0 Å². The molecule has 148 valence electrons. The zero-order valence-electron chi connectivity index (χ0n) is 15.0. The van der Waals surface area contributed by atoms with Crippen LogP contribution in [0.3, 0.4) is 0 Å². The number of ether oxygens (including phenoxy) is 1. The summed E-state index contributed by atoms with van der Waals surface area (Å²) in [6.45, 7) is 6.05. The predicted molar refractivity (Wildman–Crippen MR) is 102 cm³/mol. The Hall–Kier alpha value is -0.870. The fourth-order valence-electron chi connectivity index (χ4n) is 2.98. The molecule has 1 aromatic rings. The highest BCUT2D eigenvalue weighted by Crippen LogP contribution is 2.35. The lowest BCUT2D eigenvalue weighted by Crippen LogP contribution is -2.49. The van der Waals surface area contributed by atoms with Crippen LogP contribution in [-0.2, 0) is 16.0 Å². The summed E-state index contributed by atoms with van der Waals surface area (Å²) < 4.78 is 30.6. The number of halogens is 1. The van der Waals surface area contributed by atoms with E-state index in [0.29, 0.717) is 35.3 Å². The monoisotopic (exact) mass is 423 g/mol. The lowest BCUT2D eigenvalue weighted by molar-refractivity contribution is 0.0167. The Labute approximate surface area is 165 Å². The Morgan fingerprint density at radius 2 is 2.12 bits per heavy atom. The van der Waals surface area contributed by atoms with Crippen molar-refractivity contribution in [2.24, 2.45) is 5.92 Å². The summed E-state index contributed by atoms with van der Waals surface area (Å²) in [5, 5.41) is 10.3.